The number of hydrogen-bond acceptors (Lipinski definition) is 2. The molecule has 0 aliphatic rings. The van der Waals surface area contributed by atoms with E-state index in [0.29, 0.717) is 6.42 Å². The standard InChI is InChI=1S/C20H24N2O2/c1-3-16-9-7-8-12-18(16)22-20(24)14-21-19(23)13-15(2)17-10-5-4-6-11-17/h4-12,15H,3,13-14H2,1-2H3,(H,21,23)(H,22,24). The number of aryl methyl sites for hydroxylation is 1. The molecule has 0 aliphatic heterocycles. The zero-order chi connectivity index (χ0) is 17.4. The van der Waals surface area contributed by atoms with Crippen molar-refractivity contribution in [2.75, 3.05) is 11.9 Å². The highest BCUT2D eigenvalue weighted by atomic mass is 16.2. The predicted molar refractivity (Wildman–Crippen MR) is 96.9 cm³/mol. The summed E-state index contributed by atoms with van der Waals surface area (Å²) >= 11 is 0. The molecule has 2 amide bonds. The van der Waals surface area contributed by atoms with Gasteiger partial charge in [0.25, 0.3) is 0 Å². The van der Waals surface area contributed by atoms with E-state index in [2.05, 4.69) is 10.6 Å². The van der Waals surface area contributed by atoms with Crippen LogP contribution in [0, 0.1) is 0 Å². The van der Waals surface area contributed by atoms with Crippen molar-refractivity contribution >= 4 is 17.5 Å². The van der Waals surface area contributed by atoms with Crippen molar-refractivity contribution in [3.8, 4) is 0 Å². The average Bonchev–Trinajstić information content (AvgIpc) is 2.61. The van der Waals surface area contributed by atoms with Crippen molar-refractivity contribution < 1.29 is 9.59 Å². The van der Waals surface area contributed by atoms with E-state index in [1.54, 1.807) is 0 Å². The Balaban J connectivity index is 1.80. The maximum absolute atomic E-state index is 12.0. The Hall–Kier alpha value is -2.62. The molecule has 0 saturated carbocycles. The highest BCUT2D eigenvalue weighted by Crippen LogP contribution is 2.18. The van der Waals surface area contributed by atoms with Gasteiger partial charge in [0.15, 0.2) is 0 Å². The number of benzene rings is 2. The number of nitrogens with one attached hydrogen (secondary N) is 2. The Labute approximate surface area is 143 Å². The summed E-state index contributed by atoms with van der Waals surface area (Å²) in [7, 11) is 0. The van der Waals surface area contributed by atoms with Gasteiger partial charge < -0.3 is 10.6 Å². The summed E-state index contributed by atoms with van der Waals surface area (Å²) in [5.41, 5.74) is 3.00. The Kier molecular flexibility index (Phi) is 6.55. The van der Waals surface area contributed by atoms with E-state index in [0.717, 1.165) is 23.2 Å². The normalized spacial score (nSPS) is 11.6. The molecular formula is C20H24N2O2. The third-order valence-electron chi connectivity index (χ3n) is 3.98. The molecule has 0 radical (unpaired) electrons. The third kappa shape index (κ3) is 5.23. The first kappa shape index (κ1) is 17.7. The predicted octanol–water partition coefficient (Wildman–Crippen LogP) is 3.50. The lowest BCUT2D eigenvalue weighted by Crippen LogP contribution is -2.33. The molecule has 4 heteroatoms. The number of carbonyl (C=O) groups excluding carboxylic acids is 2. The summed E-state index contributed by atoms with van der Waals surface area (Å²) in [6.45, 7) is 4.03. The Morgan fingerprint density at radius 3 is 2.33 bits per heavy atom. The van der Waals surface area contributed by atoms with Crippen molar-refractivity contribution in [1.82, 2.24) is 5.32 Å². The van der Waals surface area contributed by atoms with E-state index in [-0.39, 0.29) is 24.3 Å². The van der Waals surface area contributed by atoms with Crippen molar-refractivity contribution in [2.24, 2.45) is 0 Å². The van der Waals surface area contributed by atoms with Crippen LogP contribution in [0.1, 0.15) is 37.3 Å². The van der Waals surface area contributed by atoms with Crippen LogP contribution in [0.2, 0.25) is 0 Å². The third-order valence-corrected chi connectivity index (χ3v) is 3.98. The van der Waals surface area contributed by atoms with Crippen LogP contribution < -0.4 is 10.6 Å². The van der Waals surface area contributed by atoms with Crippen LogP contribution in [0.25, 0.3) is 0 Å². The molecular weight excluding hydrogens is 300 g/mol. The minimum atomic E-state index is -0.211. The maximum Gasteiger partial charge on any atom is 0.243 e. The number of anilines is 1. The minimum Gasteiger partial charge on any atom is -0.347 e. The second-order valence-electron chi connectivity index (χ2n) is 5.85. The largest absolute Gasteiger partial charge is 0.347 e. The van der Waals surface area contributed by atoms with Crippen molar-refractivity contribution in [3.63, 3.8) is 0 Å². The second-order valence-corrected chi connectivity index (χ2v) is 5.85. The van der Waals surface area contributed by atoms with Crippen LogP contribution >= 0.6 is 0 Å². The molecule has 1 atom stereocenters. The highest BCUT2D eigenvalue weighted by molar-refractivity contribution is 5.95. The zero-order valence-electron chi connectivity index (χ0n) is 14.2. The lowest BCUT2D eigenvalue weighted by Gasteiger charge is -2.13. The smallest absolute Gasteiger partial charge is 0.243 e. The first-order valence-electron chi connectivity index (χ1n) is 8.29. The van der Waals surface area contributed by atoms with Gasteiger partial charge in [0.05, 0.1) is 6.54 Å². The number of hydrogen-bond donors (Lipinski definition) is 2. The lowest BCUT2D eigenvalue weighted by molar-refractivity contribution is -0.124. The fourth-order valence-corrected chi connectivity index (χ4v) is 2.57. The van der Waals surface area contributed by atoms with E-state index in [1.807, 2.05) is 68.4 Å². The number of amides is 2. The van der Waals surface area contributed by atoms with Gasteiger partial charge in [-0.1, -0.05) is 62.4 Å². The summed E-state index contributed by atoms with van der Waals surface area (Å²) in [6.07, 6.45) is 1.21. The van der Waals surface area contributed by atoms with Crippen LogP contribution in [0.3, 0.4) is 0 Å². The van der Waals surface area contributed by atoms with Crippen molar-refractivity contribution in [1.29, 1.82) is 0 Å². The first-order chi connectivity index (χ1) is 11.6. The molecule has 2 rings (SSSR count). The first-order valence-corrected chi connectivity index (χ1v) is 8.29. The Bertz CT molecular complexity index is 683. The number of carbonyl (C=O) groups is 2. The Morgan fingerprint density at radius 1 is 0.958 bits per heavy atom. The molecule has 4 nitrogen and oxygen atoms in total. The fourth-order valence-electron chi connectivity index (χ4n) is 2.57. The van der Waals surface area contributed by atoms with Gasteiger partial charge in [-0.25, -0.2) is 0 Å². The summed E-state index contributed by atoms with van der Waals surface area (Å²) in [5.74, 6) is -0.211. The van der Waals surface area contributed by atoms with Gasteiger partial charge in [0.1, 0.15) is 0 Å². The molecule has 24 heavy (non-hydrogen) atoms. The molecule has 2 N–H and O–H groups in total. The maximum atomic E-state index is 12.0. The van der Waals surface area contributed by atoms with Crippen LogP contribution in [0.4, 0.5) is 5.69 Å². The molecule has 0 spiro atoms. The van der Waals surface area contributed by atoms with E-state index in [9.17, 15) is 9.59 Å². The van der Waals surface area contributed by atoms with Gasteiger partial charge in [-0.05, 0) is 29.5 Å². The molecule has 126 valence electrons. The molecule has 0 bridgehead atoms. The van der Waals surface area contributed by atoms with Gasteiger partial charge in [0, 0.05) is 12.1 Å². The van der Waals surface area contributed by atoms with Gasteiger partial charge in [-0.2, -0.15) is 0 Å². The summed E-state index contributed by atoms with van der Waals surface area (Å²) in [5, 5.41) is 5.54. The van der Waals surface area contributed by atoms with Crippen LogP contribution in [-0.4, -0.2) is 18.4 Å². The lowest BCUT2D eigenvalue weighted by atomic mass is 9.98. The zero-order valence-corrected chi connectivity index (χ0v) is 14.2. The van der Waals surface area contributed by atoms with Gasteiger partial charge in [0.2, 0.25) is 11.8 Å². The molecule has 0 aliphatic carbocycles. The molecule has 2 aromatic carbocycles. The van der Waals surface area contributed by atoms with Crippen molar-refractivity contribution in [2.45, 2.75) is 32.6 Å². The van der Waals surface area contributed by atoms with E-state index in [4.69, 9.17) is 0 Å². The topological polar surface area (TPSA) is 58.2 Å². The van der Waals surface area contributed by atoms with Crippen LogP contribution in [0.5, 0.6) is 0 Å². The highest BCUT2D eigenvalue weighted by Gasteiger charge is 2.12. The van der Waals surface area contributed by atoms with Gasteiger partial charge in [-0.15, -0.1) is 0 Å². The van der Waals surface area contributed by atoms with Gasteiger partial charge in [-0.3, -0.25) is 9.59 Å². The van der Waals surface area contributed by atoms with Gasteiger partial charge >= 0.3 is 0 Å². The fraction of sp³-hybridized carbons (Fsp3) is 0.300. The molecule has 2 aromatic rings. The molecule has 1 unspecified atom stereocenters. The molecule has 0 aromatic heterocycles. The SMILES string of the molecule is CCc1ccccc1NC(=O)CNC(=O)CC(C)c1ccccc1. The van der Waals surface area contributed by atoms with E-state index >= 15 is 0 Å². The van der Waals surface area contributed by atoms with E-state index < -0.39 is 0 Å². The summed E-state index contributed by atoms with van der Waals surface area (Å²) in [4.78, 5) is 24.0. The average molecular weight is 324 g/mol. The quantitative estimate of drug-likeness (QED) is 0.819. The molecule has 0 saturated heterocycles. The van der Waals surface area contributed by atoms with Crippen LogP contribution in [0.15, 0.2) is 54.6 Å². The number of para-hydroxylation sites is 1. The minimum absolute atomic E-state index is 0.0155. The number of rotatable bonds is 7. The summed E-state index contributed by atoms with van der Waals surface area (Å²) < 4.78 is 0. The van der Waals surface area contributed by atoms with E-state index in [1.165, 1.54) is 0 Å². The van der Waals surface area contributed by atoms with Crippen molar-refractivity contribution in [3.05, 3.63) is 65.7 Å². The molecule has 0 fully saturated rings. The van der Waals surface area contributed by atoms with Crippen LogP contribution in [-0.2, 0) is 16.0 Å². The molecule has 0 heterocycles. The summed E-state index contributed by atoms with van der Waals surface area (Å²) in [6, 6.07) is 17.6. The Morgan fingerprint density at radius 2 is 1.62 bits per heavy atom. The second kappa shape index (κ2) is 8.87. The monoisotopic (exact) mass is 324 g/mol.